The summed E-state index contributed by atoms with van der Waals surface area (Å²) in [5, 5.41) is 0.466. The molecule has 0 aliphatic heterocycles. The maximum absolute atomic E-state index is 16.4. The van der Waals surface area contributed by atoms with Gasteiger partial charge in [-0.15, -0.1) is 11.8 Å². The molecule has 2 unspecified atom stereocenters. The average Bonchev–Trinajstić information content (AvgIpc) is 3.96. The van der Waals surface area contributed by atoms with Crippen molar-refractivity contribution in [3.63, 3.8) is 0 Å². The van der Waals surface area contributed by atoms with E-state index in [0.29, 0.717) is 96.2 Å². The summed E-state index contributed by atoms with van der Waals surface area (Å²) in [7, 11) is 0. The van der Waals surface area contributed by atoms with E-state index in [1.54, 1.807) is 18.2 Å². The minimum absolute atomic E-state index is 0.0672. The number of rotatable bonds is 20. The van der Waals surface area contributed by atoms with Crippen LogP contribution in [0.15, 0.2) is 57.3 Å². The second-order valence-corrected chi connectivity index (χ2v) is 14.9. The van der Waals surface area contributed by atoms with Crippen molar-refractivity contribution in [2.75, 3.05) is 39.1 Å². The first-order valence-electron chi connectivity index (χ1n) is 19.6. The van der Waals surface area contributed by atoms with Crippen molar-refractivity contribution >= 4 is 28.6 Å². The SMILES string of the molecule is CC.CCCC(c1c(F)cc(-n2cc3cc(-c4cc(CCCC(N)C5CC5)cc(C(F)(F)F)c4)[nH]c3nc2=O)cc1SC)N(CCCF)CCCN=C(N)CN. The topological polar surface area (TPSA) is 144 Å². The molecule has 9 nitrogen and oxygen atoms in total. The van der Waals surface area contributed by atoms with Gasteiger partial charge in [-0.25, -0.2) is 9.18 Å². The summed E-state index contributed by atoms with van der Waals surface area (Å²) in [5.74, 6) is 0.352. The summed E-state index contributed by atoms with van der Waals surface area (Å²) in [6.07, 6.45) is 5.17. The van der Waals surface area contributed by atoms with E-state index in [9.17, 15) is 22.4 Å². The van der Waals surface area contributed by atoms with Gasteiger partial charge < -0.3 is 22.2 Å². The molecular formula is C41H57F5N8OS. The van der Waals surface area contributed by atoms with E-state index >= 15 is 4.39 Å². The molecule has 4 aromatic rings. The Bertz CT molecular complexity index is 1960. The van der Waals surface area contributed by atoms with Gasteiger partial charge in [0.15, 0.2) is 0 Å². The molecule has 0 amide bonds. The maximum atomic E-state index is 16.4. The van der Waals surface area contributed by atoms with Gasteiger partial charge in [-0.2, -0.15) is 18.2 Å². The lowest BCUT2D eigenvalue weighted by Gasteiger charge is -2.33. The first-order valence-corrected chi connectivity index (χ1v) is 20.8. The van der Waals surface area contributed by atoms with Crippen LogP contribution in [0.1, 0.15) is 94.9 Å². The highest BCUT2D eigenvalue weighted by atomic mass is 32.2. The fourth-order valence-electron chi connectivity index (χ4n) is 7.03. The van der Waals surface area contributed by atoms with Crippen molar-refractivity contribution in [2.24, 2.45) is 28.1 Å². The number of alkyl halides is 4. The highest BCUT2D eigenvalue weighted by Crippen LogP contribution is 2.38. The molecule has 0 bridgehead atoms. The monoisotopic (exact) mass is 804 g/mol. The van der Waals surface area contributed by atoms with Gasteiger partial charge in [-0.05, 0) is 111 Å². The Morgan fingerprint density at radius 1 is 1.09 bits per heavy atom. The molecular weight excluding hydrogens is 748 g/mol. The first kappa shape index (κ1) is 44.9. The second kappa shape index (κ2) is 21.1. The Hall–Kier alpha value is -3.79. The van der Waals surface area contributed by atoms with Gasteiger partial charge in [0.05, 0.1) is 24.5 Å². The number of aromatic amines is 1. The first-order chi connectivity index (χ1) is 26.9. The third-order valence-electron chi connectivity index (χ3n) is 9.99. The second-order valence-electron chi connectivity index (χ2n) is 14.0. The Balaban J connectivity index is 0.00000342. The molecule has 1 aliphatic rings. The molecule has 1 fully saturated rings. The quantitative estimate of drug-likeness (QED) is 0.0231. The van der Waals surface area contributed by atoms with Gasteiger partial charge in [-0.3, -0.25) is 18.8 Å². The van der Waals surface area contributed by atoms with Crippen LogP contribution in [0.4, 0.5) is 22.0 Å². The van der Waals surface area contributed by atoms with E-state index in [1.165, 1.54) is 34.7 Å². The largest absolute Gasteiger partial charge is 0.416 e. The highest BCUT2D eigenvalue weighted by Gasteiger charge is 2.32. The summed E-state index contributed by atoms with van der Waals surface area (Å²) in [6, 6.07) is 8.38. The van der Waals surface area contributed by atoms with Crippen LogP contribution in [-0.2, 0) is 12.6 Å². The number of aryl methyl sites for hydroxylation is 1. The van der Waals surface area contributed by atoms with E-state index in [1.807, 2.05) is 27.0 Å². The number of fused-ring (bicyclic) bond motifs is 1. The molecule has 5 rings (SSSR count). The molecule has 0 radical (unpaired) electrons. The number of hydrogen-bond acceptors (Lipinski definition) is 7. The summed E-state index contributed by atoms with van der Waals surface area (Å²) in [5.41, 5.74) is 18.2. The molecule has 15 heteroatoms. The number of nitrogens with two attached hydrogens (primary N) is 3. The van der Waals surface area contributed by atoms with Crippen molar-refractivity contribution in [1.29, 1.82) is 0 Å². The fourth-order valence-corrected chi connectivity index (χ4v) is 7.73. The molecule has 0 spiro atoms. The van der Waals surface area contributed by atoms with E-state index in [4.69, 9.17) is 17.2 Å². The zero-order chi connectivity index (χ0) is 41.0. The lowest BCUT2D eigenvalue weighted by atomic mass is 9.98. The Kier molecular flexibility index (Phi) is 16.9. The van der Waals surface area contributed by atoms with Gasteiger partial charge in [0.1, 0.15) is 17.3 Å². The Morgan fingerprint density at radius 3 is 2.46 bits per heavy atom. The number of aromatic nitrogens is 3. The predicted molar refractivity (Wildman–Crippen MR) is 219 cm³/mol. The molecule has 0 saturated heterocycles. The van der Waals surface area contributed by atoms with Gasteiger partial charge in [0, 0.05) is 59.5 Å². The number of hydrogen-bond donors (Lipinski definition) is 4. The third kappa shape index (κ3) is 11.9. The van der Waals surface area contributed by atoms with Crippen LogP contribution < -0.4 is 22.9 Å². The van der Waals surface area contributed by atoms with Crippen molar-refractivity contribution in [2.45, 2.75) is 102 Å². The minimum atomic E-state index is -4.55. The molecule has 2 aromatic heterocycles. The molecule has 1 aliphatic carbocycles. The van der Waals surface area contributed by atoms with Crippen LogP contribution in [0.2, 0.25) is 0 Å². The van der Waals surface area contributed by atoms with Gasteiger partial charge in [-0.1, -0.05) is 27.2 Å². The molecule has 2 heterocycles. The van der Waals surface area contributed by atoms with E-state index in [2.05, 4.69) is 19.9 Å². The van der Waals surface area contributed by atoms with Crippen LogP contribution >= 0.6 is 11.8 Å². The van der Waals surface area contributed by atoms with Crippen LogP contribution in [0, 0.1) is 11.7 Å². The van der Waals surface area contributed by atoms with Crippen LogP contribution in [0.25, 0.3) is 28.0 Å². The summed E-state index contributed by atoms with van der Waals surface area (Å²) in [4.78, 5) is 27.6. The van der Waals surface area contributed by atoms with Crippen molar-refractivity contribution in [3.8, 4) is 16.9 Å². The minimum Gasteiger partial charge on any atom is -0.386 e. The number of H-pyrrole nitrogens is 1. The summed E-state index contributed by atoms with van der Waals surface area (Å²) in [6.45, 7) is 7.06. The van der Waals surface area contributed by atoms with Crippen molar-refractivity contribution < 1.29 is 22.0 Å². The van der Waals surface area contributed by atoms with E-state index < -0.39 is 29.9 Å². The number of nitrogens with one attached hydrogen (secondary N) is 1. The van der Waals surface area contributed by atoms with Crippen LogP contribution in [-0.4, -0.2) is 70.4 Å². The zero-order valence-electron chi connectivity index (χ0n) is 32.9. The van der Waals surface area contributed by atoms with Crippen molar-refractivity contribution in [1.82, 2.24) is 19.4 Å². The molecule has 308 valence electrons. The Labute approximate surface area is 330 Å². The lowest BCUT2D eigenvalue weighted by molar-refractivity contribution is -0.137. The lowest BCUT2D eigenvalue weighted by Crippen LogP contribution is -2.33. The molecule has 56 heavy (non-hydrogen) atoms. The number of aliphatic imine (C=N–C) groups is 1. The number of thioether (sulfide) groups is 1. The molecule has 2 aromatic carbocycles. The zero-order valence-corrected chi connectivity index (χ0v) is 33.7. The third-order valence-corrected chi connectivity index (χ3v) is 10.8. The normalized spacial score (nSPS) is 14.6. The Morgan fingerprint density at radius 2 is 1.82 bits per heavy atom. The van der Waals surface area contributed by atoms with Gasteiger partial charge >= 0.3 is 11.9 Å². The predicted octanol–water partition coefficient (Wildman–Crippen LogP) is 8.56. The van der Waals surface area contributed by atoms with Crippen molar-refractivity contribution in [3.05, 3.63) is 75.6 Å². The van der Waals surface area contributed by atoms with Gasteiger partial charge in [0.25, 0.3) is 0 Å². The van der Waals surface area contributed by atoms with Gasteiger partial charge in [0.2, 0.25) is 0 Å². The molecule has 7 N–H and O–H groups in total. The number of halogens is 5. The molecule has 2 atom stereocenters. The van der Waals surface area contributed by atoms with E-state index in [-0.39, 0.29) is 30.0 Å². The summed E-state index contributed by atoms with van der Waals surface area (Å²) < 4.78 is 73.0. The number of nitrogens with zero attached hydrogens (tertiary/aromatic N) is 4. The fraction of sp³-hybridized carbons (Fsp3) is 0.537. The molecule has 1 saturated carbocycles. The number of benzene rings is 2. The highest BCUT2D eigenvalue weighted by molar-refractivity contribution is 7.98. The smallest absolute Gasteiger partial charge is 0.386 e. The van der Waals surface area contributed by atoms with Crippen LogP contribution in [0.3, 0.4) is 0 Å². The van der Waals surface area contributed by atoms with E-state index in [0.717, 1.165) is 31.7 Å². The maximum Gasteiger partial charge on any atom is 0.416 e. The standard InChI is InChI=1S/C39H51F5N8OS.C2H6/c1-3-7-33(51(14-5-12-40)15-6-13-48-35(47)22-45)36-30(41)20-29(21-34(36)54-2)52-23-27-19-32(49-37(27)50-38(52)53)26-16-24(17-28(18-26)39(42,43)44)8-4-9-31(46)25-10-11-25;1-2/h16-21,23,25,31,33H,3-15,22,45-46H2,1-2H3,(H2,47,48)(H,49,50,53);1-2H3. The summed E-state index contributed by atoms with van der Waals surface area (Å²) >= 11 is 1.34. The van der Waals surface area contributed by atoms with Crippen LogP contribution in [0.5, 0.6) is 0 Å². The average molecular weight is 805 g/mol. The number of amidine groups is 1.